The zero-order chi connectivity index (χ0) is 14.8. The molecular weight excluding hydrogens is 270 g/mol. The Bertz CT molecular complexity index is 638. The lowest BCUT2D eigenvalue weighted by molar-refractivity contribution is 0.419. The molecule has 3 N–H and O–H groups in total. The summed E-state index contributed by atoms with van der Waals surface area (Å²) in [6.45, 7) is 0. The van der Waals surface area contributed by atoms with E-state index in [1.807, 2.05) is 12.1 Å². The molecule has 0 radical (unpaired) electrons. The first-order valence-electron chi connectivity index (χ1n) is 7.20. The number of hydrazine groups is 1. The van der Waals surface area contributed by atoms with Crippen LogP contribution in [0.3, 0.4) is 0 Å². The smallest absolute Gasteiger partial charge is 0.159 e. The van der Waals surface area contributed by atoms with Gasteiger partial charge in [0.2, 0.25) is 0 Å². The Morgan fingerprint density at radius 3 is 2.38 bits per heavy atom. The lowest BCUT2D eigenvalue weighted by atomic mass is 9.79. The molecule has 1 aliphatic rings. The van der Waals surface area contributed by atoms with Crippen molar-refractivity contribution in [1.82, 2.24) is 5.43 Å². The van der Waals surface area contributed by atoms with Crippen molar-refractivity contribution in [2.75, 3.05) is 0 Å². The van der Waals surface area contributed by atoms with E-state index < -0.39 is 11.6 Å². The minimum atomic E-state index is -0.858. The Kier molecular flexibility index (Phi) is 3.99. The monoisotopic (exact) mass is 288 g/mol. The van der Waals surface area contributed by atoms with Gasteiger partial charge < -0.3 is 0 Å². The Morgan fingerprint density at radius 2 is 1.76 bits per heavy atom. The Balaban J connectivity index is 1.93. The summed E-state index contributed by atoms with van der Waals surface area (Å²) in [5.41, 5.74) is 5.57. The van der Waals surface area contributed by atoms with Crippen molar-refractivity contribution >= 4 is 0 Å². The quantitative estimate of drug-likeness (QED) is 0.663. The van der Waals surface area contributed by atoms with Crippen LogP contribution in [-0.4, -0.2) is 0 Å². The second-order valence-corrected chi connectivity index (χ2v) is 5.57. The molecule has 0 amide bonds. The zero-order valence-corrected chi connectivity index (χ0v) is 11.7. The molecule has 4 heteroatoms. The van der Waals surface area contributed by atoms with Gasteiger partial charge in [0.05, 0.1) is 6.04 Å². The molecule has 1 fully saturated rings. The highest BCUT2D eigenvalue weighted by Gasteiger charge is 2.21. The maximum atomic E-state index is 13.4. The van der Waals surface area contributed by atoms with Crippen LogP contribution in [0.15, 0.2) is 42.5 Å². The highest BCUT2D eigenvalue weighted by Crippen LogP contribution is 2.37. The summed E-state index contributed by atoms with van der Waals surface area (Å²) in [6.07, 6.45) is 3.71. The minimum absolute atomic E-state index is 0.347. The van der Waals surface area contributed by atoms with E-state index in [2.05, 4.69) is 17.6 Å². The standard InChI is InChI=1S/C17H18F2N2/c18-15-8-7-14(10-16(15)19)17(21-20)13-6-2-5-12(9-13)11-3-1-4-11/h2,5-11,17,21H,1,3-4,20H2. The zero-order valence-electron chi connectivity index (χ0n) is 11.7. The first kappa shape index (κ1) is 14.2. The van der Waals surface area contributed by atoms with Crippen molar-refractivity contribution in [1.29, 1.82) is 0 Å². The van der Waals surface area contributed by atoms with Crippen molar-refractivity contribution in [2.45, 2.75) is 31.2 Å². The lowest BCUT2D eigenvalue weighted by Crippen LogP contribution is -2.29. The van der Waals surface area contributed by atoms with E-state index >= 15 is 0 Å². The predicted molar refractivity (Wildman–Crippen MR) is 78.6 cm³/mol. The summed E-state index contributed by atoms with van der Waals surface area (Å²) in [4.78, 5) is 0. The van der Waals surface area contributed by atoms with Crippen LogP contribution in [0.5, 0.6) is 0 Å². The number of hydrogen-bond donors (Lipinski definition) is 2. The van der Waals surface area contributed by atoms with Crippen LogP contribution in [0.2, 0.25) is 0 Å². The summed E-state index contributed by atoms with van der Waals surface area (Å²) in [6, 6.07) is 11.7. The van der Waals surface area contributed by atoms with Crippen LogP contribution in [0.25, 0.3) is 0 Å². The highest BCUT2D eigenvalue weighted by molar-refractivity contribution is 5.36. The molecule has 2 aromatic carbocycles. The van der Waals surface area contributed by atoms with Gasteiger partial charge in [0.1, 0.15) is 0 Å². The van der Waals surface area contributed by atoms with Crippen molar-refractivity contribution < 1.29 is 8.78 Å². The number of benzene rings is 2. The summed E-state index contributed by atoms with van der Waals surface area (Å²) in [7, 11) is 0. The molecule has 1 saturated carbocycles. The van der Waals surface area contributed by atoms with Crippen LogP contribution >= 0.6 is 0 Å². The number of nitrogens with two attached hydrogens (primary N) is 1. The molecule has 21 heavy (non-hydrogen) atoms. The van der Waals surface area contributed by atoms with Crippen LogP contribution in [-0.2, 0) is 0 Å². The average molecular weight is 288 g/mol. The summed E-state index contributed by atoms with van der Waals surface area (Å²) >= 11 is 0. The molecule has 110 valence electrons. The van der Waals surface area contributed by atoms with Gasteiger partial charge in [-0.3, -0.25) is 5.84 Å². The number of halogens is 2. The van der Waals surface area contributed by atoms with Crippen molar-refractivity contribution in [2.24, 2.45) is 5.84 Å². The van der Waals surface area contributed by atoms with Gasteiger partial charge in [0.25, 0.3) is 0 Å². The van der Waals surface area contributed by atoms with Gasteiger partial charge in [-0.1, -0.05) is 36.8 Å². The first-order valence-corrected chi connectivity index (χ1v) is 7.20. The fourth-order valence-electron chi connectivity index (χ4n) is 2.81. The molecule has 1 aliphatic carbocycles. The Morgan fingerprint density at radius 1 is 1.00 bits per heavy atom. The van der Waals surface area contributed by atoms with Gasteiger partial charge in [-0.15, -0.1) is 0 Å². The largest absolute Gasteiger partial charge is 0.271 e. The highest BCUT2D eigenvalue weighted by atomic mass is 19.2. The van der Waals surface area contributed by atoms with Gasteiger partial charge in [0, 0.05) is 0 Å². The molecule has 0 aliphatic heterocycles. The van der Waals surface area contributed by atoms with Crippen LogP contribution in [0.4, 0.5) is 8.78 Å². The number of rotatable bonds is 4. The van der Waals surface area contributed by atoms with E-state index in [1.54, 1.807) is 6.07 Å². The molecule has 1 unspecified atom stereocenters. The van der Waals surface area contributed by atoms with Crippen molar-refractivity contribution in [3.05, 3.63) is 70.8 Å². The molecule has 2 aromatic rings. The summed E-state index contributed by atoms with van der Waals surface area (Å²) in [5, 5.41) is 0. The topological polar surface area (TPSA) is 38.0 Å². The van der Waals surface area contributed by atoms with Crippen molar-refractivity contribution in [3.8, 4) is 0 Å². The Labute approximate surface area is 122 Å². The Hall–Kier alpha value is -1.78. The molecule has 0 saturated heterocycles. The average Bonchev–Trinajstić information content (AvgIpc) is 2.42. The van der Waals surface area contributed by atoms with Gasteiger partial charge in [0.15, 0.2) is 11.6 Å². The summed E-state index contributed by atoms with van der Waals surface area (Å²) < 4.78 is 26.5. The van der Waals surface area contributed by atoms with E-state index in [0.29, 0.717) is 11.5 Å². The van der Waals surface area contributed by atoms with Crippen LogP contribution in [0.1, 0.15) is 47.9 Å². The second-order valence-electron chi connectivity index (χ2n) is 5.57. The fourth-order valence-corrected chi connectivity index (χ4v) is 2.81. The van der Waals surface area contributed by atoms with Crippen molar-refractivity contribution in [3.63, 3.8) is 0 Å². The van der Waals surface area contributed by atoms with Gasteiger partial charge in [-0.2, -0.15) is 0 Å². The van der Waals surface area contributed by atoms with E-state index in [-0.39, 0.29) is 6.04 Å². The van der Waals surface area contributed by atoms with E-state index in [0.717, 1.165) is 11.6 Å². The second kappa shape index (κ2) is 5.92. The third-order valence-electron chi connectivity index (χ3n) is 4.26. The van der Waals surface area contributed by atoms with Gasteiger partial charge in [-0.25, -0.2) is 14.2 Å². The molecule has 2 nitrogen and oxygen atoms in total. The molecule has 0 heterocycles. The molecule has 3 rings (SSSR count). The van der Waals surface area contributed by atoms with Gasteiger partial charge >= 0.3 is 0 Å². The third-order valence-corrected chi connectivity index (χ3v) is 4.26. The van der Waals surface area contributed by atoms with Gasteiger partial charge in [-0.05, 0) is 47.6 Å². The first-order chi connectivity index (χ1) is 10.2. The number of nitrogens with one attached hydrogen (secondary N) is 1. The molecule has 0 bridgehead atoms. The fraction of sp³-hybridized carbons (Fsp3) is 0.294. The van der Waals surface area contributed by atoms with Crippen LogP contribution in [0, 0.1) is 11.6 Å². The lowest BCUT2D eigenvalue weighted by Gasteiger charge is -2.27. The SMILES string of the molecule is NNC(c1cccc(C2CCC2)c1)c1ccc(F)c(F)c1. The van der Waals surface area contributed by atoms with E-state index in [1.165, 1.54) is 30.9 Å². The number of hydrogen-bond acceptors (Lipinski definition) is 2. The normalized spacial score (nSPS) is 16.5. The molecular formula is C17H18F2N2. The summed E-state index contributed by atoms with van der Waals surface area (Å²) in [5.74, 6) is 4.54. The maximum absolute atomic E-state index is 13.4. The van der Waals surface area contributed by atoms with Crippen LogP contribution < -0.4 is 11.3 Å². The maximum Gasteiger partial charge on any atom is 0.159 e. The molecule has 0 aromatic heterocycles. The van der Waals surface area contributed by atoms with E-state index in [4.69, 9.17) is 5.84 Å². The predicted octanol–water partition coefficient (Wildman–Crippen LogP) is 3.79. The minimum Gasteiger partial charge on any atom is -0.271 e. The molecule has 0 spiro atoms. The third kappa shape index (κ3) is 2.82. The molecule has 1 atom stereocenters. The van der Waals surface area contributed by atoms with E-state index in [9.17, 15) is 8.78 Å².